The van der Waals surface area contributed by atoms with Crippen LogP contribution in [0.15, 0.2) is 0 Å². The van der Waals surface area contributed by atoms with Gasteiger partial charge in [-0.25, -0.2) is 0 Å². The third-order valence-corrected chi connectivity index (χ3v) is 3.53. The van der Waals surface area contributed by atoms with Gasteiger partial charge in [-0.2, -0.15) is 0 Å². The molecular weight excluding hydrogens is 242 g/mol. The van der Waals surface area contributed by atoms with Crippen LogP contribution in [-0.2, 0) is 14.3 Å². The summed E-state index contributed by atoms with van der Waals surface area (Å²) in [7, 11) is 0. The highest BCUT2D eigenvalue weighted by Gasteiger charge is 2.45. The number of carbonyl (C=O) groups excluding carboxylic acids is 2. The van der Waals surface area contributed by atoms with Gasteiger partial charge in [0.25, 0.3) is 0 Å². The second-order valence-corrected chi connectivity index (χ2v) is 7.94. The highest BCUT2D eigenvalue weighted by Crippen LogP contribution is 2.31. The van der Waals surface area contributed by atoms with Gasteiger partial charge in [0.2, 0.25) is 5.91 Å². The van der Waals surface area contributed by atoms with E-state index in [1.165, 1.54) is 0 Å². The highest BCUT2D eigenvalue weighted by molar-refractivity contribution is 5.94. The van der Waals surface area contributed by atoms with Gasteiger partial charge in [-0.1, -0.05) is 41.5 Å². The van der Waals surface area contributed by atoms with Crippen molar-refractivity contribution in [1.82, 2.24) is 5.32 Å². The molecule has 0 radical (unpaired) electrons. The van der Waals surface area contributed by atoms with E-state index in [2.05, 4.69) is 5.32 Å². The fourth-order valence-corrected chi connectivity index (χ4v) is 1.95. The van der Waals surface area contributed by atoms with Gasteiger partial charge in [-0.15, -0.1) is 0 Å². The summed E-state index contributed by atoms with van der Waals surface area (Å²) >= 11 is 0. The second-order valence-electron chi connectivity index (χ2n) is 7.94. The maximum absolute atomic E-state index is 12.5. The van der Waals surface area contributed by atoms with Crippen LogP contribution in [0.25, 0.3) is 0 Å². The first kappa shape index (κ1) is 16.2. The normalized spacial score (nSPS) is 20.4. The van der Waals surface area contributed by atoms with Gasteiger partial charge >= 0.3 is 0 Å². The monoisotopic (exact) mass is 269 g/mol. The topological polar surface area (TPSA) is 55.4 Å². The Bertz CT molecular complexity index is 370. The van der Waals surface area contributed by atoms with Crippen molar-refractivity contribution in [3.8, 4) is 0 Å². The average molecular weight is 269 g/mol. The molecule has 1 saturated heterocycles. The minimum Gasteiger partial charge on any atom is -0.379 e. The van der Waals surface area contributed by atoms with Crippen LogP contribution in [-0.4, -0.2) is 30.9 Å². The summed E-state index contributed by atoms with van der Waals surface area (Å²) in [6, 6.07) is -0.475. The van der Waals surface area contributed by atoms with E-state index in [0.29, 0.717) is 13.2 Å². The van der Waals surface area contributed by atoms with Crippen LogP contribution in [0, 0.1) is 16.2 Å². The van der Waals surface area contributed by atoms with Crippen LogP contribution < -0.4 is 5.32 Å². The zero-order valence-electron chi connectivity index (χ0n) is 13.2. The van der Waals surface area contributed by atoms with Crippen molar-refractivity contribution in [2.75, 3.05) is 13.2 Å². The average Bonchev–Trinajstić information content (AvgIpc) is 2.18. The summed E-state index contributed by atoms with van der Waals surface area (Å²) in [4.78, 5) is 24.8. The molecule has 1 heterocycles. The number of ketones is 1. The predicted molar refractivity (Wildman–Crippen MR) is 74.8 cm³/mol. The third kappa shape index (κ3) is 3.56. The number of amides is 1. The fourth-order valence-electron chi connectivity index (χ4n) is 1.95. The highest BCUT2D eigenvalue weighted by atomic mass is 16.5. The SMILES string of the molecule is CC(C)(C)C(=O)[C@@H](NC(=O)C1(C)COC1)C(C)(C)C. The van der Waals surface area contributed by atoms with Crippen LogP contribution in [0.5, 0.6) is 0 Å². The quantitative estimate of drug-likeness (QED) is 0.854. The molecule has 19 heavy (non-hydrogen) atoms. The number of ether oxygens (including phenoxy) is 1. The molecular formula is C15H27NO3. The molecule has 0 aromatic heterocycles. The smallest absolute Gasteiger partial charge is 0.231 e. The van der Waals surface area contributed by atoms with Crippen LogP contribution >= 0.6 is 0 Å². The third-order valence-electron chi connectivity index (χ3n) is 3.53. The molecule has 110 valence electrons. The van der Waals surface area contributed by atoms with Gasteiger partial charge in [-0.3, -0.25) is 9.59 Å². The van der Waals surface area contributed by atoms with Crippen molar-refractivity contribution in [3.63, 3.8) is 0 Å². The van der Waals surface area contributed by atoms with E-state index in [1.807, 2.05) is 48.5 Å². The standard InChI is InChI=1S/C15H27NO3/c1-13(2,3)10(11(17)14(4,5)6)16-12(18)15(7)8-19-9-15/h10H,8-9H2,1-7H3,(H,16,18)/t10-/m1/s1. The Morgan fingerprint density at radius 2 is 1.58 bits per heavy atom. The summed E-state index contributed by atoms with van der Waals surface area (Å²) in [6.07, 6.45) is 0. The van der Waals surface area contributed by atoms with Gasteiger partial charge < -0.3 is 10.1 Å². The van der Waals surface area contributed by atoms with E-state index in [4.69, 9.17) is 4.74 Å². The Morgan fingerprint density at radius 3 is 1.84 bits per heavy atom. The molecule has 1 fully saturated rings. The van der Waals surface area contributed by atoms with E-state index in [9.17, 15) is 9.59 Å². The van der Waals surface area contributed by atoms with Crippen LogP contribution in [0.3, 0.4) is 0 Å². The zero-order valence-corrected chi connectivity index (χ0v) is 13.2. The molecule has 0 spiro atoms. The Morgan fingerprint density at radius 1 is 1.11 bits per heavy atom. The molecule has 4 heteroatoms. The lowest BCUT2D eigenvalue weighted by atomic mass is 9.75. The molecule has 1 rings (SSSR count). The lowest BCUT2D eigenvalue weighted by Gasteiger charge is -2.40. The minimum atomic E-state index is -0.484. The largest absolute Gasteiger partial charge is 0.379 e. The second kappa shape index (κ2) is 4.89. The Hall–Kier alpha value is -0.900. The van der Waals surface area contributed by atoms with Crippen molar-refractivity contribution in [2.45, 2.75) is 54.5 Å². The van der Waals surface area contributed by atoms with E-state index < -0.39 is 16.9 Å². The van der Waals surface area contributed by atoms with Gasteiger partial charge in [0.15, 0.2) is 5.78 Å². The molecule has 1 atom stereocenters. The van der Waals surface area contributed by atoms with Crippen molar-refractivity contribution in [2.24, 2.45) is 16.2 Å². The Kier molecular flexibility index (Phi) is 4.16. The predicted octanol–water partition coefficient (Wildman–Crippen LogP) is 2.17. The number of carbonyl (C=O) groups is 2. The van der Waals surface area contributed by atoms with E-state index in [-0.39, 0.29) is 17.1 Å². The zero-order chi connectivity index (χ0) is 15.1. The summed E-state index contributed by atoms with van der Waals surface area (Å²) in [5.41, 5.74) is -1.26. The molecule has 1 N–H and O–H groups in total. The van der Waals surface area contributed by atoms with Gasteiger partial charge in [-0.05, 0) is 12.3 Å². The molecule has 4 nitrogen and oxygen atoms in total. The maximum Gasteiger partial charge on any atom is 0.231 e. The number of Topliss-reactive ketones (excluding diaryl/α,β-unsaturated/α-hetero) is 1. The number of hydrogen-bond acceptors (Lipinski definition) is 3. The first-order chi connectivity index (χ1) is 8.38. The van der Waals surface area contributed by atoms with Crippen molar-refractivity contribution < 1.29 is 14.3 Å². The van der Waals surface area contributed by atoms with Gasteiger partial charge in [0, 0.05) is 5.41 Å². The molecule has 0 aliphatic carbocycles. The van der Waals surface area contributed by atoms with Crippen molar-refractivity contribution in [3.05, 3.63) is 0 Å². The van der Waals surface area contributed by atoms with E-state index in [1.54, 1.807) is 0 Å². The van der Waals surface area contributed by atoms with Crippen LogP contribution in [0.4, 0.5) is 0 Å². The molecule has 1 aliphatic rings. The molecule has 0 aromatic rings. The summed E-state index contributed by atoms with van der Waals surface area (Å²) in [5, 5.41) is 2.94. The van der Waals surface area contributed by atoms with E-state index >= 15 is 0 Å². The molecule has 0 bridgehead atoms. The minimum absolute atomic E-state index is 0.0668. The summed E-state index contributed by atoms with van der Waals surface area (Å²) < 4.78 is 5.11. The Balaban J connectivity index is 2.88. The lowest BCUT2D eigenvalue weighted by Crippen LogP contribution is -2.59. The Labute approximate surface area is 116 Å². The number of rotatable bonds is 3. The number of nitrogens with one attached hydrogen (secondary N) is 1. The van der Waals surface area contributed by atoms with Gasteiger partial charge in [0.05, 0.1) is 24.7 Å². The van der Waals surface area contributed by atoms with Gasteiger partial charge in [0.1, 0.15) is 0 Å². The molecule has 0 saturated carbocycles. The lowest BCUT2D eigenvalue weighted by molar-refractivity contribution is -0.160. The first-order valence-electron chi connectivity index (χ1n) is 6.81. The summed E-state index contributed by atoms with van der Waals surface area (Å²) in [6.45, 7) is 14.3. The molecule has 1 amide bonds. The summed E-state index contributed by atoms with van der Waals surface area (Å²) in [5.74, 6) is -0.0199. The molecule has 0 aromatic carbocycles. The maximum atomic E-state index is 12.5. The van der Waals surface area contributed by atoms with Crippen molar-refractivity contribution >= 4 is 11.7 Å². The van der Waals surface area contributed by atoms with E-state index in [0.717, 1.165) is 0 Å². The molecule has 1 aliphatic heterocycles. The van der Waals surface area contributed by atoms with Crippen LogP contribution in [0.2, 0.25) is 0 Å². The first-order valence-corrected chi connectivity index (χ1v) is 6.81. The fraction of sp³-hybridized carbons (Fsp3) is 0.867. The van der Waals surface area contributed by atoms with Crippen molar-refractivity contribution in [1.29, 1.82) is 0 Å². The molecule has 0 unspecified atom stereocenters. The number of hydrogen-bond donors (Lipinski definition) is 1. The van der Waals surface area contributed by atoms with Crippen LogP contribution in [0.1, 0.15) is 48.5 Å².